The third-order valence-electron chi connectivity index (χ3n) is 4.80. The molecule has 3 aromatic rings. The summed E-state index contributed by atoms with van der Waals surface area (Å²) in [7, 11) is -3.94. The number of aryl methyl sites for hydroxylation is 1. The Morgan fingerprint density at radius 1 is 0.970 bits per heavy atom. The molecule has 0 bridgehead atoms. The van der Waals surface area contributed by atoms with Crippen molar-refractivity contribution in [2.24, 2.45) is 0 Å². The molecule has 0 heterocycles. The number of carbonyl (C=O) groups is 1. The summed E-state index contributed by atoms with van der Waals surface area (Å²) in [5.74, 6) is 0.349. The summed E-state index contributed by atoms with van der Waals surface area (Å²) >= 11 is 3.36. The molecule has 8 heteroatoms. The topological polar surface area (TPSA) is 75.7 Å². The number of benzene rings is 3. The molecule has 0 saturated heterocycles. The predicted octanol–water partition coefficient (Wildman–Crippen LogP) is 5.06. The summed E-state index contributed by atoms with van der Waals surface area (Å²) in [4.78, 5) is 12.9. The van der Waals surface area contributed by atoms with E-state index in [1.807, 2.05) is 45.0 Å². The highest BCUT2D eigenvalue weighted by atomic mass is 79.9. The second kappa shape index (κ2) is 10.9. The smallest absolute Gasteiger partial charge is 0.264 e. The lowest BCUT2D eigenvalue weighted by molar-refractivity contribution is -0.119. The number of amides is 1. The number of halogens is 1. The number of hydrogen-bond acceptors (Lipinski definition) is 4. The first-order chi connectivity index (χ1) is 15.6. The minimum absolute atomic E-state index is 0.0793. The van der Waals surface area contributed by atoms with Crippen LogP contribution in [0, 0.1) is 6.92 Å². The Balaban J connectivity index is 1.76. The predicted molar refractivity (Wildman–Crippen MR) is 134 cm³/mol. The number of rotatable bonds is 9. The van der Waals surface area contributed by atoms with Gasteiger partial charge in [0.25, 0.3) is 10.0 Å². The molecular formula is C25H27BrN2O4S. The van der Waals surface area contributed by atoms with Crippen LogP contribution in [0.5, 0.6) is 5.75 Å². The van der Waals surface area contributed by atoms with Crippen molar-refractivity contribution in [3.8, 4) is 5.75 Å². The Kier molecular flexibility index (Phi) is 8.15. The van der Waals surface area contributed by atoms with Crippen LogP contribution in [0.1, 0.15) is 25.0 Å². The highest BCUT2D eigenvalue weighted by Gasteiger charge is 2.27. The lowest BCUT2D eigenvalue weighted by atomic mass is 10.2. The zero-order valence-electron chi connectivity index (χ0n) is 18.8. The van der Waals surface area contributed by atoms with E-state index in [9.17, 15) is 13.2 Å². The molecule has 0 atom stereocenters. The molecule has 0 unspecified atom stereocenters. The fraction of sp³-hybridized carbons (Fsp3) is 0.240. The fourth-order valence-electron chi connectivity index (χ4n) is 3.10. The lowest BCUT2D eigenvalue weighted by Crippen LogP contribution is -2.40. The molecule has 0 aromatic heterocycles. The zero-order valence-corrected chi connectivity index (χ0v) is 21.2. The van der Waals surface area contributed by atoms with Gasteiger partial charge in [0, 0.05) is 11.0 Å². The third kappa shape index (κ3) is 6.82. The van der Waals surface area contributed by atoms with Gasteiger partial charge in [0.15, 0.2) is 0 Å². The van der Waals surface area contributed by atoms with E-state index < -0.39 is 15.9 Å². The third-order valence-corrected chi connectivity index (χ3v) is 7.11. The van der Waals surface area contributed by atoms with Crippen molar-refractivity contribution in [2.45, 2.75) is 38.3 Å². The molecule has 0 spiro atoms. The Morgan fingerprint density at radius 2 is 1.58 bits per heavy atom. The second-order valence-corrected chi connectivity index (χ2v) is 10.7. The molecule has 0 radical (unpaired) electrons. The minimum Gasteiger partial charge on any atom is -0.491 e. The molecule has 174 valence electrons. The molecule has 0 aliphatic heterocycles. The van der Waals surface area contributed by atoms with Crippen molar-refractivity contribution >= 4 is 37.5 Å². The summed E-state index contributed by atoms with van der Waals surface area (Å²) in [5.41, 5.74) is 2.24. The van der Waals surface area contributed by atoms with Crippen LogP contribution in [-0.2, 0) is 21.4 Å². The van der Waals surface area contributed by atoms with Crippen LogP contribution in [0.15, 0.2) is 82.2 Å². The SMILES string of the molecule is Cc1ccc(S(=O)(=O)N(CC(=O)NCc2ccc(OC(C)C)cc2)c2ccc(Br)cc2)cc1. The first kappa shape index (κ1) is 24.8. The fourth-order valence-corrected chi connectivity index (χ4v) is 4.79. The largest absolute Gasteiger partial charge is 0.491 e. The zero-order chi connectivity index (χ0) is 24.0. The highest BCUT2D eigenvalue weighted by Crippen LogP contribution is 2.25. The first-order valence-corrected chi connectivity index (χ1v) is 12.8. The summed E-state index contributed by atoms with van der Waals surface area (Å²) in [6.45, 7) is 5.73. The Morgan fingerprint density at radius 3 is 2.15 bits per heavy atom. The van der Waals surface area contributed by atoms with Gasteiger partial charge in [-0.05, 0) is 74.9 Å². The Labute approximate surface area is 203 Å². The van der Waals surface area contributed by atoms with Gasteiger partial charge >= 0.3 is 0 Å². The van der Waals surface area contributed by atoms with Crippen LogP contribution >= 0.6 is 15.9 Å². The van der Waals surface area contributed by atoms with Gasteiger partial charge in [0.05, 0.1) is 16.7 Å². The van der Waals surface area contributed by atoms with Crippen LogP contribution in [0.25, 0.3) is 0 Å². The number of nitrogens with one attached hydrogen (secondary N) is 1. The molecule has 0 fully saturated rings. The van der Waals surface area contributed by atoms with E-state index >= 15 is 0 Å². The average Bonchev–Trinajstić information content (AvgIpc) is 2.77. The van der Waals surface area contributed by atoms with Gasteiger partial charge in [-0.3, -0.25) is 9.10 Å². The van der Waals surface area contributed by atoms with Crippen LogP contribution in [0.4, 0.5) is 5.69 Å². The van der Waals surface area contributed by atoms with Gasteiger partial charge < -0.3 is 10.1 Å². The molecule has 0 aliphatic rings. The molecule has 33 heavy (non-hydrogen) atoms. The summed E-state index contributed by atoms with van der Waals surface area (Å²) < 4.78 is 34.3. The van der Waals surface area contributed by atoms with E-state index in [2.05, 4.69) is 21.2 Å². The minimum atomic E-state index is -3.94. The van der Waals surface area contributed by atoms with Crippen LogP contribution < -0.4 is 14.4 Å². The number of ether oxygens (including phenoxy) is 1. The van der Waals surface area contributed by atoms with Gasteiger partial charge in [-0.2, -0.15) is 0 Å². The van der Waals surface area contributed by atoms with Gasteiger partial charge in [0.1, 0.15) is 12.3 Å². The number of hydrogen-bond donors (Lipinski definition) is 1. The molecule has 1 amide bonds. The number of sulfonamides is 1. The van der Waals surface area contributed by atoms with E-state index in [1.165, 1.54) is 0 Å². The lowest BCUT2D eigenvalue weighted by Gasteiger charge is -2.24. The maximum Gasteiger partial charge on any atom is 0.264 e. The molecule has 3 rings (SSSR count). The molecule has 0 saturated carbocycles. The maximum absolute atomic E-state index is 13.4. The van der Waals surface area contributed by atoms with E-state index in [4.69, 9.17) is 4.74 Å². The van der Waals surface area contributed by atoms with Gasteiger partial charge in [-0.1, -0.05) is 45.8 Å². The van der Waals surface area contributed by atoms with E-state index in [-0.39, 0.29) is 24.1 Å². The maximum atomic E-state index is 13.4. The highest BCUT2D eigenvalue weighted by molar-refractivity contribution is 9.10. The van der Waals surface area contributed by atoms with Crippen molar-refractivity contribution in [3.05, 3.63) is 88.4 Å². The van der Waals surface area contributed by atoms with Crippen molar-refractivity contribution < 1.29 is 17.9 Å². The van der Waals surface area contributed by atoms with Crippen LogP contribution in [0.2, 0.25) is 0 Å². The number of nitrogens with zero attached hydrogens (tertiary/aromatic N) is 1. The van der Waals surface area contributed by atoms with E-state index in [0.717, 1.165) is 25.7 Å². The van der Waals surface area contributed by atoms with Gasteiger partial charge in [0.2, 0.25) is 5.91 Å². The molecule has 1 N–H and O–H groups in total. The van der Waals surface area contributed by atoms with E-state index in [1.54, 1.807) is 48.5 Å². The number of anilines is 1. The summed E-state index contributed by atoms with van der Waals surface area (Å²) in [5, 5.41) is 2.81. The van der Waals surface area contributed by atoms with Gasteiger partial charge in [-0.15, -0.1) is 0 Å². The van der Waals surface area contributed by atoms with E-state index in [0.29, 0.717) is 5.69 Å². The molecule has 3 aromatic carbocycles. The molecular weight excluding hydrogens is 504 g/mol. The monoisotopic (exact) mass is 530 g/mol. The van der Waals surface area contributed by atoms with Crippen molar-refractivity contribution in [1.82, 2.24) is 5.32 Å². The van der Waals surface area contributed by atoms with Crippen LogP contribution in [-0.4, -0.2) is 27.0 Å². The quantitative estimate of drug-likeness (QED) is 0.419. The second-order valence-electron chi connectivity index (χ2n) is 7.89. The summed E-state index contributed by atoms with van der Waals surface area (Å²) in [6.07, 6.45) is 0.0793. The van der Waals surface area contributed by atoms with Crippen LogP contribution in [0.3, 0.4) is 0 Å². The van der Waals surface area contributed by atoms with Crippen molar-refractivity contribution in [3.63, 3.8) is 0 Å². The average molecular weight is 531 g/mol. The van der Waals surface area contributed by atoms with Crippen molar-refractivity contribution in [1.29, 1.82) is 0 Å². The summed E-state index contributed by atoms with van der Waals surface area (Å²) in [6, 6.07) is 20.8. The van der Waals surface area contributed by atoms with Gasteiger partial charge in [-0.25, -0.2) is 8.42 Å². The van der Waals surface area contributed by atoms with Crippen molar-refractivity contribution in [2.75, 3.05) is 10.8 Å². The number of carbonyl (C=O) groups excluding carboxylic acids is 1. The normalized spacial score (nSPS) is 11.3. The first-order valence-electron chi connectivity index (χ1n) is 10.5. The standard InChI is InChI=1S/C25H27BrN2O4S/c1-18(2)32-23-12-6-20(7-13-23)16-27-25(29)17-28(22-10-8-21(26)9-11-22)33(30,31)24-14-4-19(3)5-15-24/h4-15,18H,16-17H2,1-3H3,(H,27,29). The molecule has 6 nitrogen and oxygen atoms in total. The molecule has 0 aliphatic carbocycles. The Hall–Kier alpha value is -2.84. The Bertz CT molecular complexity index is 1180.